The molecule has 2 aliphatic heterocycles. The zero-order chi connectivity index (χ0) is 18.6. The zero-order valence-electron chi connectivity index (χ0n) is 16.8. The highest BCUT2D eigenvalue weighted by Gasteiger charge is 2.25. The Bertz CT molecular complexity index is 737. The van der Waals surface area contributed by atoms with Crippen LogP contribution in [0.15, 0.2) is 24.3 Å². The number of hydrogen-bond donors (Lipinski definition) is 0. The topological polar surface area (TPSA) is 36.8 Å². The average molecular weight is 372 g/mol. The molecule has 0 amide bonds. The molecule has 1 fully saturated rings. The number of benzene rings is 1. The van der Waals surface area contributed by atoms with Crippen LogP contribution in [0.4, 0.5) is 5.95 Å². The fourth-order valence-corrected chi connectivity index (χ4v) is 4.06. The van der Waals surface area contributed by atoms with E-state index in [1.54, 1.807) is 0 Å². The molecule has 3 heterocycles. The second kappa shape index (κ2) is 8.59. The second-order valence-corrected chi connectivity index (χ2v) is 8.26. The Hall–Kier alpha value is -1.63. The maximum absolute atomic E-state index is 5.46. The van der Waals surface area contributed by atoms with Gasteiger partial charge in [0.15, 0.2) is 0 Å². The first-order valence-corrected chi connectivity index (χ1v) is 10.4. The van der Waals surface area contributed by atoms with Crippen LogP contribution in [0.25, 0.3) is 11.0 Å². The van der Waals surface area contributed by atoms with Gasteiger partial charge in [0.1, 0.15) is 0 Å². The van der Waals surface area contributed by atoms with Gasteiger partial charge in [-0.05, 0) is 37.4 Å². The molecule has 0 N–H and O–H groups in total. The minimum absolute atomic E-state index is 0.708. The maximum atomic E-state index is 5.46. The van der Waals surface area contributed by atoms with Gasteiger partial charge >= 0.3 is 0 Å². The molecule has 1 aromatic carbocycles. The van der Waals surface area contributed by atoms with Crippen LogP contribution in [0.3, 0.4) is 0 Å². The molecule has 2 aromatic rings. The zero-order valence-corrected chi connectivity index (χ0v) is 16.8. The number of aromatic nitrogens is 2. The summed E-state index contributed by atoms with van der Waals surface area (Å²) in [4.78, 5) is 12.5. The van der Waals surface area contributed by atoms with E-state index in [0.29, 0.717) is 5.92 Å². The number of para-hydroxylation sites is 2. The molecule has 4 rings (SSSR count). The quantitative estimate of drug-likeness (QED) is 0.748. The van der Waals surface area contributed by atoms with E-state index in [9.17, 15) is 0 Å². The number of imidazole rings is 1. The van der Waals surface area contributed by atoms with Crippen molar-refractivity contribution >= 4 is 17.0 Å². The van der Waals surface area contributed by atoms with E-state index in [-0.39, 0.29) is 0 Å². The molecular weight excluding hydrogens is 338 g/mol. The molecule has 2 aliphatic rings. The number of fused-ring (bicyclic) bond motifs is 3. The molecule has 148 valence electrons. The van der Waals surface area contributed by atoms with Crippen molar-refractivity contribution in [3.63, 3.8) is 0 Å². The van der Waals surface area contributed by atoms with Crippen molar-refractivity contribution in [2.75, 3.05) is 57.5 Å². The summed E-state index contributed by atoms with van der Waals surface area (Å²) >= 11 is 0. The number of nitrogens with zero attached hydrogens (tertiary/aromatic N) is 5. The van der Waals surface area contributed by atoms with Gasteiger partial charge in [0.05, 0.1) is 37.6 Å². The lowest BCUT2D eigenvalue weighted by Crippen LogP contribution is -2.46. The molecule has 6 nitrogen and oxygen atoms in total. The highest BCUT2D eigenvalue weighted by atomic mass is 16.5. The van der Waals surface area contributed by atoms with Crippen LogP contribution in [-0.4, -0.2) is 72.0 Å². The number of hydrogen-bond acceptors (Lipinski definition) is 5. The molecule has 1 aromatic heterocycles. The fraction of sp³-hybridized carbons (Fsp3) is 0.667. The van der Waals surface area contributed by atoms with Crippen LogP contribution in [0, 0.1) is 5.92 Å². The SMILES string of the molecule is CC(C)CCN1CN(CCCN2CCOCC2)Cn2c1nc1ccccc12. The van der Waals surface area contributed by atoms with Gasteiger partial charge in [0.25, 0.3) is 0 Å². The summed E-state index contributed by atoms with van der Waals surface area (Å²) in [6.07, 6.45) is 2.41. The van der Waals surface area contributed by atoms with Gasteiger partial charge < -0.3 is 9.64 Å². The van der Waals surface area contributed by atoms with Crippen molar-refractivity contribution in [2.24, 2.45) is 5.92 Å². The van der Waals surface area contributed by atoms with Crippen LogP contribution >= 0.6 is 0 Å². The van der Waals surface area contributed by atoms with Gasteiger partial charge in [-0.25, -0.2) is 4.98 Å². The summed E-state index contributed by atoms with van der Waals surface area (Å²) in [5.74, 6) is 1.85. The van der Waals surface area contributed by atoms with Crippen LogP contribution < -0.4 is 4.90 Å². The van der Waals surface area contributed by atoms with E-state index in [1.165, 1.54) is 24.9 Å². The first-order chi connectivity index (χ1) is 13.2. The molecule has 0 unspecified atom stereocenters. The predicted octanol–water partition coefficient (Wildman–Crippen LogP) is 2.84. The van der Waals surface area contributed by atoms with Gasteiger partial charge in [-0.15, -0.1) is 0 Å². The summed E-state index contributed by atoms with van der Waals surface area (Å²) in [5.41, 5.74) is 2.36. The first kappa shape index (κ1) is 18.7. The third-order valence-corrected chi connectivity index (χ3v) is 5.66. The number of morpholine rings is 1. The summed E-state index contributed by atoms with van der Waals surface area (Å²) in [6, 6.07) is 8.53. The Labute approximate surface area is 162 Å². The molecule has 0 bridgehead atoms. The summed E-state index contributed by atoms with van der Waals surface area (Å²) in [7, 11) is 0. The lowest BCUT2D eigenvalue weighted by molar-refractivity contribution is 0.0354. The minimum atomic E-state index is 0.708. The van der Waals surface area contributed by atoms with E-state index in [2.05, 4.69) is 57.4 Å². The minimum Gasteiger partial charge on any atom is -0.379 e. The van der Waals surface area contributed by atoms with E-state index in [0.717, 1.165) is 64.2 Å². The van der Waals surface area contributed by atoms with E-state index >= 15 is 0 Å². The second-order valence-electron chi connectivity index (χ2n) is 8.26. The van der Waals surface area contributed by atoms with Gasteiger partial charge in [0.2, 0.25) is 5.95 Å². The number of ether oxygens (including phenoxy) is 1. The highest BCUT2D eigenvalue weighted by Crippen LogP contribution is 2.27. The summed E-state index contributed by atoms with van der Waals surface area (Å²) in [5, 5.41) is 0. The Kier molecular flexibility index (Phi) is 5.95. The van der Waals surface area contributed by atoms with Crippen LogP contribution in [0.1, 0.15) is 26.7 Å². The molecule has 0 atom stereocenters. The summed E-state index contributed by atoms with van der Waals surface area (Å²) in [6.45, 7) is 13.8. The Morgan fingerprint density at radius 1 is 1.00 bits per heavy atom. The maximum Gasteiger partial charge on any atom is 0.208 e. The Morgan fingerprint density at radius 2 is 1.78 bits per heavy atom. The molecule has 6 heteroatoms. The van der Waals surface area contributed by atoms with Gasteiger partial charge in [-0.1, -0.05) is 26.0 Å². The van der Waals surface area contributed by atoms with Gasteiger partial charge in [0, 0.05) is 26.2 Å². The fourth-order valence-electron chi connectivity index (χ4n) is 4.06. The van der Waals surface area contributed by atoms with Crippen molar-refractivity contribution in [1.82, 2.24) is 19.4 Å². The molecule has 0 radical (unpaired) electrons. The Balaban J connectivity index is 1.44. The van der Waals surface area contributed by atoms with E-state index < -0.39 is 0 Å². The normalized spacial score (nSPS) is 19.1. The van der Waals surface area contributed by atoms with Crippen molar-refractivity contribution in [3.05, 3.63) is 24.3 Å². The third kappa shape index (κ3) is 4.45. The van der Waals surface area contributed by atoms with Crippen molar-refractivity contribution in [2.45, 2.75) is 33.4 Å². The summed E-state index contributed by atoms with van der Waals surface area (Å²) < 4.78 is 7.85. The van der Waals surface area contributed by atoms with Gasteiger partial charge in [-0.2, -0.15) is 0 Å². The molecular formula is C21H33N5O. The molecule has 27 heavy (non-hydrogen) atoms. The highest BCUT2D eigenvalue weighted by molar-refractivity contribution is 5.79. The third-order valence-electron chi connectivity index (χ3n) is 5.66. The lowest BCUT2D eigenvalue weighted by Gasteiger charge is -2.38. The smallest absolute Gasteiger partial charge is 0.208 e. The first-order valence-electron chi connectivity index (χ1n) is 10.4. The van der Waals surface area contributed by atoms with Crippen LogP contribution in [-0.2, 0) is 11.4 Å². The largest absolute Gasteiger partial charge is 0.379 e. The Morgan fingerprint density at radius 3 is 2.59 bits per heavy atom. The monoisotopic (exact) mass is 371 g/mol. The predicted molar refractivity (Wildman–Crippen MR) is 110 cm³/mol. The average Bonchev–Trinajstić information content (AvgIpc) is 3.06. The molecule has 0 spiro atoms. The van der Waals surface area contributed by atoms with Crippen LogP contribution in [0.2, 0.25) is 0 Å². The lowest BCUT2D eigenvalue weighted by atomic mass is 10.1. The standard InChI is InChI=1S/C21H33N5O/c1-18(2)8-11-25-16-24(10-5-9-23-12-14-27-15-13-23)17-26-20-7-4-3-6-19(20)22-21(25)26/h3-4,6-7,18H,5,8-17H2,1-2H3. The van der Waals surface area contributed by atoms with Crippen molar-refractivity contribution in [1.29, 1.82) is 0 Å². The van der Waals surface area contributed by atoms with Gasteiger partial charge in [-0.3, -0.25) is 14.4 Å². The van der Waals surface area contributed by atoms with Crippen molar-refractivity contribution < 1.29 is 4.74 Å². The molecule has 0 aliphatic carbocycles. The van der Waals surface area contributed by atoms with Crippen molar-refractivity contribution in [3.8, 4) is 0 Å². The molecule has 1 saturated heterocycles. The van der Waals surface area contributed by atoms with E-state index in [1.807, 2.05) is 0 Å². The van der Waals surface area contributed by atoms with Crippen LogP contribution in [0.5, 0.6) is 0 Å². The number of anilines is 1. The number of rotatable bonds is 7. The molecule has 0 saturated carbocycles. The van der Waals surface area contributed by atoms with E-state index in [4.69, 9.17) is 9.72 Å².